The van der Waals surface area contributed by atoms with E-state index >= 15 is 0 Å². The maximum absolute atomic E-state index is 12.8. The van der Waals surface area contributed by atoms with E-state index in [4.69, 9.17) is 0 Å². The van der Waals surface area contributed by atoms with Gasteiger partial charge in [-0.2, -0.15) is 0 Å². The first-order valence-corrected chi connectivity index (χ1v) is 9.05. The van der Waals surface area contributed by atoms with Gasteiger partial charge in [0.15, 0.2) is 0 Å². The zero-order valence-electron chi connectivity index (χ0n) is 12.7. The van der Waals surface area contributed by atoms with Crippen molar-refractivity contribution in [2.24, 2.45) is 0 Å². The minimum Gasteiger partial charge on any atom is -0.266 e. The highest BCUT2D eigenvalue weighted by Gasteiger charge is 2.27. The Morgan fingerprint density at radius 1 is 1.14 bits per heavy atom. The summed E-state index contributed by atoms with van der Waals surface area (Å²) >= 11 is 1.34. The SMILES string of the molecule is CCN(c1ccncc1)S(=O)(=O)c1ccc(C(C)(C)C)s1. The highest BCUT2D eigenvalue weighted by molar-refractivity contribution is 7.94. The van der Waals surface area contributed by atoms with E-state index in [1.165, 1.54) is 15.6 Å². The maximum atomic E-state index is 12.8. The maximum Gasteiger partial charge on any atom is 0.273 e. The molecule has 2 rings (SSSR count). The third kappa shape index (κ3) is 3.27. The molecule has 0 aliphatic heterocycles. The molecule has 0 radical (unpaired) electrons. The largest absolute Gasteiger partial charge is 0.273 e. The molecule has 0 aliphatic carbocycles. The quantitative estimate of drug-likeness (QED) is 0.862. The smallest absolute Gasteiger partial charge is 0.266 e. The lowest BCUT2D eigenvalue weighted by atomic mass is 9.95. The number of thiophene rings is 1. The summed E-state index contributed by atoms with van der Waals surface area (Å²) in [4.78, 5) is 5.00. The van der Waals surface area contributed by atoms with Crippen molar-refractivity contribution in [3.8, 4) is 0 Å². The fourth-order valence-electron chi connectivity index (χ4n) is 1.97. The summed E-state index contributed by atoms with van der Waals surface area (Å²) < 4.78 is 27.4. The molecule has 4 nitrogen and oxygen atoms in total. The van der Waals surface area contributed by atoms with Crippen molar-refractivity contribution in [2.75, 3.05) is 10.8 Å². The zero-order chi connectivity index (χ0) is 15.7. The van der Waals surface area contributed by atoms with Gasteiger partial charge >= 0.3 is 0 Å². The van der Waals surface area contributed by atoms with E-state index in [1.54, 1.807) is 30.6 Å². The first-order valence-electron chi connectivity index (χ1n) is 6.80. The Labute approximate surface area is 130 Å². The summed E-state index contributed by atoms with van der Waals surface area (Å²) in [7, 11) is -3.52. The third-order valence-electron chi connectivity index (χ3n) is 3.10. The molecule has 2 aromatic rings. The minimum absolute atomic E-state index is 0.0495. The molecular formula is C15H20N2O2S2. The van der Waals surface area contributed by atoms with Crippen LogP contribution >= 0.6 is 11.3 Å². The number of anilines is 1. The minimum atomic E-state index is -3.52. The fourth-order valence-corrected chi connectivity index (χ4v) is 4.92. The van der Waals surface area contributed by atoms with Crippen molar-refractivity contribution in [3.05, 3.63) is 41.5 Å². The van der Waals surface area contributed by atoms with Crippen molar-refractivity contribution < 1.29 is 8.42 Å². The van der Waals surface area contributed by atoms with Crippen molar-refractivity contribution in [1.29, 1.82) is 0 Å². The van der Waals surface area contributed by atoms with E-state index in [2.05, 4.69) is 25.8 Å². The van der Waals surface area contributed by atoms with Crippen molar-refractivity contribution >= 4 is 27.0 Å². The average molecular weight is 324 g/mol. The number of aromatic nitrogens is 1. The summed E-state index contributed by atoms with van der Waals surface area (Å²) in [5, 5.41) is 0. The van der Waals surface area contributed by atoms with Gasteiger partial charge in [0.05, 0.1) is 5.69 Å². The number of sulfonamides is 1. The van der Waals surface area contributed by atoms with Crippen molar-refractivity contribution in [2.45, 2.75) is 37.3 Å². The van der Waals surface area contributed by atoms with Crippen LogP contribution in [0.3, 0.4) is 0 Å². The molecule has 0 amide bonds. The molecule has 0 aromatic carbocycles. The van der Waals surface area contributed by atoms with Crippen LogP contribution in [0.5, 0.6) is 0 Å². The molecule has 0 unspecified atom stereocenters. The molecule has 6 heteroatoms. The predicted molar refractivity (Wildman–Crippen MR) is 87.5 cm³/mol. The van der Waals surface area contributed by atoms with Crippen molar-refractivity contribution in [3.63, 3.8) is 0 Å². The van der Waals surface area contributed by atoms with Gasteiger partial charge in [0, 0.05) is 23.8 Å². The summed E-state index contributed by atoms with van der Waals surface area (Å²) in [6.07, 6.45) is 3.20. The van der Waals surface area contributed by atoms with Crippen LogP contribution in [-0.2, 0) is 15.4 Å². The van der Waals surface area contributed by atoms with E-state index in [0.29, 0.717) is 16.4 Å². The molecule has 0 N–H and O–H groups in total. The van der Waals surface area contributed by atoms with Crippen LogP contribution < -0.4 is 4.31 Å². The summed E-state index contributed by atoms with van der Waals surface area (Å²) in [6.45, 7) is 8.45. The van der Waals surface area contributed by atoms with Crippen molar-refractivity contribution in [1.82, 2.24) is 4.98 Å². The van der Waals surface area contributed by atoms with Gasteiger partial charge < -0.3 is 0 Å². The molecule has 0 saturated heterocycles. The zero-order valence-corrected chi connectivity index (χ0v) is 14.3. The molecule has 0 fully saturated rings. The standard InChI is InChI=1S/C15H20N2O2S2/c1-5-17(12-8-10-16-11-9-12)21(18,19)14-7-6-13(20-14)15(2,3)4/h6-11H,5H2,1-4H3. The second kappa shape index (κ2) is 5.77. The molecule has 21 heavy (non-hydrogen) atoms. The first kappa shape index (κ1) is 16.0. The number of hydrogen-bond acceptors (Lipinski definition) is 4. The van der Waals surface area contributed by atoms with Gasteiger partial charge in [0.1, 0.15) is 4.21 Å². The predicted octanol–water partition coefficient (Wildman–Crippen LogP) is 3.66. The fraction of sp³-hybridized carbons (Fsp3) is 0.400. The Balaban J connectivity index is 2.43. The third-order valence-corrected chi connectivity index (χ3v) is 6.98. The van der Waals surface area contributed by atoms with Gasteiger partial charge in [0.2, 0.25) is 0 Å². The molecule has 0 saturated carbocycles. The summed E-state index contributed by atoms with van der Waals surface area (Å²) in [5.74, 6) is 0. The van der Waals surface area contributed by atoms with Gasteiger partial charge in [-0.15, -0.1) is 11.3 Å². The Bertz CT molecular complexity index is 701. The van der Waals surface area contributed by atoms with Crippen LogP contribution in [0, 0.1) is 0 Å². The van der Waals surface area contributed by atoms with Gasteiger partial charge in [-0.1, -0.05) is 20.8 Å². The highest BCUT2D eigenvalue weighted by Crippen LogP contribution is 2.34. The van der Waals surface area contributed by atoms with E-state index in [-0.39, 0.29) is 5.41 Å². The second-order valence-corrected chi connectivity index (χ2v) is 8.92. The first-order chi connectivity index (χ1) is 9.76. The number of hydrogen-bond donors (Lipinski definition) is 0. The Morgan fingerprint density at radius 3 is 2.24 bits per heavy atom. The number of pyridine rings is 1. The van der Waals surface area contributed by atoms with E-state index in [0.717, 1.165) is 4.88 Å². The Morgan fingerprint density at radius 2 is 1.76 bits per heavy atom. The molecule has 114 valence electrons. The monoisotopic (exact) mass is 324 g/mol. The normalized spacial score (nSPS) is 12.4. The second-order valence-electron chi connectivity index (χ2n) is 5.74. The lowest BCUT2D eigenvalue weighted by Gasteiger charge is -2.22. The molecular weight excluding hydrogens is 304 g/mol. The van der Waals surface area contributed by atoms with Crippen LogP contribution in [0.4, 0.5) is 5.69 Å². The van der Waals surface area contributed by atoms with Gasteiger partial charge in [0.25, 0.3) is 10.0 Å². The van der Waals surface area contributed by atoms with Crippen LogP contribution in [0.25, 0.3) is 0 Å². The van der Waals surface area contributed by atoms with E-state index in [1.807, 2.05) is 13.0 Å². The van der Waals surface area contributed by atoms with Crippen LogP contribution in [-0.4, -0.2) is 19.9 Å². The topological polar surface area (TPSA) is 50.3 Å². The lowest BCUT2D eigenvalue weighted by Crippen LogP contribution is -2.30. The Kier molecular flexibility index (Phi) is 4.39. The molecule has 0 aliphatic rings. The van der Waals surface area contributed by atoms with Crippen LogP contribution in [0.1, 0.15) is 32.6 Å². The molecule has 2 aromatic heterocycles. The average Bonchev–Trinajstić information content (AvgIpc) is 2.90. The summed E-state index contributed by atoms with van der Waals surface area (Å²) in [5.41, 5.74) is 0.588. The highest BCUT2D eigenvalue weighted by atomic mass is 32.2. The van der Waals surface area contributed by atoms with Gasteiger partial charge in [-0.25, -0.2) is 8.42 Å². The van der Waals surface area contributed by atoms with Crippen LogP contribution in [0.2, 0.25) is 0 Å². The van der Waals surface area contributed by atoms with Gasteiger partial charge in [-0.3, -0.25) is 9.29 Å². The van der Waals surface area contributed by atoms with Crippen LogP contribution in [0.15, 0.2) is 40.9 Å². The van der Waals surface area contributed by atoms with Gasteiger partial charge in [-0.05, 0) is 36.6 Å². The number of nitrogens with zero attached hydrogens (tertiary/aromatic N) is 2. The lowest BCUT2D eigenvalue weighted by molar-refractivity contribution is 0.594. The number of rotatable bonds is 4. The van der Waals surface area contributed by atoms with E-state index in [9.17, 15) is 8.42 Å². The molecule has 0 spiro atoms. The summed E-state index contributed by atoms with van der Waals surface area (Å²) in [6, 6.07) is 7.01. The Hall–Kier alpha value is -1.40. The molecule has 0 bridgehead atoms. The van der Waals surface area contributed by atoms with E-state index < -0.39 is 10.0 Å². The molecule has 2 heterocycles. The molecule has 0 atom stereocenters.